The van der Waals surface area contributed by atoms with Crippen molar-refractivity contribution >= 4 is 34.0 Å². The third-order valence-corrected chi connectivity index (χ3v) is 4.46. The molecule has 3 rings (SSSR count). The fourth-order valence-corrected chi connectivity index (χ4v) is 2.89. The van der Waals surface area contributed by atoms with Gasteiger partial charge in [0.1, 0.15) is 18.0 Å². The van der Waals surface area contributed by atoms with Crippen molar-refractivity contribution in [3.8, 4) is 11.5 Å². The van der Waals surface area contributed by atoms with E-state index in [9.17, 15) is 9.50 Å². The molecule has 0 atom stereocenters. The summed E-state index contributed by atoms with van der Waals surface area (Å²) in [5.41, 5.74) is 1.10. The molecule has 1 aromatic heterocycles. The Morgan fingerprint density at radius 3 is 2.72 bits per heavy atom. The van der Waals surface area contributed by atoms with Crippen molar-refractivity contribution < 1.29 is 19.3 Å². The van der Waals surface area contributed by atoms with Crippen molar-refractivity contribution in [3.63, 3.8) is 0 Å². The van der Waals surface area contributed by atoms with Crippen LogP contribution in [0.25, 0.3) is 10.9 Å². The fraction of sp³-hybridized carbons (Fsp3) is 0.300. The number of nitrogens with one attached hydrogen (secondary N) is 2. The highest BCUT2D eigenvalue weighted by Gasteiger charge is 2.11. The summed E-state index contributed by atoms with van der Waals surface area (Å²) in [4.78, 5) is 8.41. The molecule has 7 nitrogen and oxygen atoms in total. The molecule has 29 heavy (non-hydrogen) atoms. The molecule has 4 N–H and O–H groups in total. The molecule has 0 fully saturated rings. The Balaban J connectivity index is 1.72. The fourth-order valence-electron chi connectivity index (χ4n) is 2.71. The molecule has 0 aliphatic carbocycles. The van der Waals surface area contributed by atoms with Gasteiger partial charge in [-0.1, -0.05) is 11.6 Å². The van der Waals surface area contributed by atoms with Gasteiger partial charge in [-0.3, -0.25) is 0 Å². The Hall–Kier alpha value is -2.68. The first-order valence-electron chi connectivity index (χ1n) is 9.22. The van der Waals surface area contributed by atoms with Gasteiger partial charge in [0.25, 0.3) is 0 Å². The topological polar surface area (TPSA) is 99.5 Å². The van der Waals surface area contributed by atoms with Crippen molar-refractivity contribution in [1.82, 2.24) is 15.3 Å². The van der Waals surface area contributed by atoms with E-state index in [1.807, 2.05) is 0 Å². The quantitative estimate of drug-likeness (QED) is 0.372. The summed E-state index contributed by atoms with van der Waals surface area (Å²) in [6.45, 7) is 2.07. The van der Waals surface area contributed by atoms with Crippen molar-refractivity contribution in [2.24, 2.45) is 0 Å². The number of aliphatic hydroxyl groups excluding tert-OH is 1. The Kier molecular flexibility index (Phi) is 7.40. The Bertz CT molecular complexity index is 974. The second kappa shape index (κ2) is 10.2. The smallest absolute Gasteiger partial charge is 0.161 e. The molecule has 0 radical (unpaired) electrons. The molecule has 9 heteroatoms. The van der Waals surface area contributed by atoms with Crippen molar-refractivity contribution in [2.45, 2.75) is 12.8 Å². The standard InChI is InChI=1S/C20H22ClFN4O3/c21-15-9-13(3-4-16(15)22)26-20-14-10-19(18(28)11-17(14)24-12-25-20)29-8-2-6-23-5-1-7-27/h3-4,9-12,23,27-28H,1-2,5-8H2,(H,24,25,26). The summed E-state index contributed by atoms with van der Waals surface area (Å²) >= 11 is 5.84. The van der Waals surface area contributed by atoms with E-state index in [0.29, 0.717) is 41.2 Å². The van der Waals surface area contributed by atoms with Crippen molar-refractivity contribution in [1.29, 1.82) is 0 Å². The van der Waals surface area contributed by atoms with Gasteiger partial charge in [0, 0.05) is 23.7 Å². The molecule has 0 aliphatic rings. The molecule has 0 amide bonds. The van der Waals surface area contributed by atoms with Gasteiger partial charge in [-0.2, -0.15) is 0 Å². The lowest BCUT2D eigenvalue weighted by atomic mass is 10.2. The number of aromatic nitrogens is 2. The van der Waals surface area contributed by atoms with Gasteiger partial charge in [-0.05, 0) is 50.2 Å². The number of aromatic hydroxyl groups is 1. The van der Waals surface area contributed by atoms with E-state index < -0.39 is 5.82 Å². The predicted molar refractivity (Wildman–Crippen MR) is 111 cm³/mol. The Morgan fingerprint density at radius 1 is 1.10 bits per heavy atom. The van der Waals surface area contributed by atoms with Crippen LogP contribution in [0.3, 0.4) is 0 Å². The summed E-state index contributed by atoms with van der Waals surface area (Å²) < 4.78 is 19.1. The highest BCUT2D eigenvalue weighted by atomic mass is 35.5. The van der Waals surface area contributed by atoms with Gasteiger partial charge in [-0.25, -0.2) is 14.4 Å². The van der Waals surface area contributed by atoms with E-state index >= 15 is 0 Å². The monoisotopic (exact) mass is 420 g/mol. The number of anilines is 2. The Morgan fingerprint density at radius 2 is 1.93 bits per heavy atom. The van der Waals surface area contributed by atoms with Crippen LogP contribution in [0.2, 0.25) is 5.02 Å². The molecular formula is C20H22ClFN4O3. The van der Waals surface area contributed by atoms with Crippen molar-refractivity contribution in [2.75, 3.05) is 31.6 Å². The first-order chi connectivity index (χ1) is 14.1. The maximum Gasteiger partial charge on any atom is 0.161 e. The van der Waals surface area contributed by atoms with Crippen LogP contribution in [-0.2, 0) is 0 Å². The molecular weight excluding hydrogens is 399 g/mol. The average molecular weight is 421 g/mol. The minimum Gasteiger partial charge on any atom is -0.504 e. The lowest BCUT2D eigenvalue weighted by Gasteiger charge is -2.12. The molecule has 0 aliphatic heterocycles. The van der Waals surface area contributed by atoms with Crippen LogP contribution < -0.4 is 15.4 Å². The average Bonchev–Trinajstić information content (AvgIpc) is 2.70. The lowest BCUT2D eigenvalue weighted by molar-refractivity contribution is 0.279. The van der Waals surface area contributed by atoms with Gasteiger partial charge in [0.2, 0.25) is 0 Å². The SMILES string of the molecule is OCCCNCCCOc1cc2c(Nc3ccc(F)c(Cl)c3)ncnc2cc1O. The number of benzene rings is 2. The number of phenolic OH excluding ortho intramolecular Hbond substituents is 1. The number of phenols is 1. The van der Waals surface area contributed by atoms with E-state index in [-0.39, 0.29) is 17.4 Å². The van der Waals surface area contributed by atoms with Gasteiger partial charge in [0.15, 0.2) is 11.5 Å². The number of halogens is 2. The van der Waals surface area contributed by atoms with E-state index in [2.05, 4.69) is 20.6 Å². The third-order valence-electron chi connectivity index (χ3n) is 4.17. The molecule has 154 valence electrons. The van der Waals surface area contributed by atoms with E-state index in [4.69, 9.17) is 21.4 Å². The molecule has 0 bridgehead atoms. The molecule has 0 spiro atoms. The molecule has 2 aromatic carbocycles. The van der Waals surface area contributed by atoms with Crippen molar-refractivity contribution in [3.05, 3.63) is 47.5 Å². The molecule has 0 saturated carbocycles. The zero-order chi connectivity index (χ0) is 20.6. The van der Waals surface area contributed by atoms with Crippen LogP contribution in [0, 0.1) is 5.82 Å². The molecule has 0 unspecified atom stereocenters. The first-order valence-corrected chi connectivity index (χ1v) is 9.60. The van der Waals surface area contributed by atoms with Crippen LogP contribution in [-0.4, -0.2) is 46.5 Å². The van der Waals surface area contributed by atoms with E-state index in [0.717, 1.165) is 19.5 Å². The predicted octanol–water partition coefficient (Wildman–Crippen LogP) is 3.61. The number of fused-ring (bicyclic) bond motifs is 1. The third kappa shape index (κ3) is 5.66. The van der Waals surface area contributed by atoms with E-state index in [1.165, 1.54) is 24.5 Å². The zero-order valence-corrected chi connectivity index (χ0v) is 16.4. The zero-order valence-electron chi connectivity index (χ0n) is 15.7. The Labute approximate surface area is 172 Å². The highest BCUT2D eigenvalue weighted by Crippen LogP contribution is 2.34. The van der Waals surface area contributed by atoms with E-state index in [1.54, 1.807) is 12.1 Å². The van der Waals surface area contributed by atoms with Gasteiger partial charge in [-0.15, -0.1) is 0 Å². The normalized spacial score (nSPS) is 11.0. The van der Waals surface area contributed by atoms with Crippen LogP contribution in [0.15, 0.2) is 36.7 Å². The number of nitrogens with zero attached hydrogens (tertiary/aromatic N) is 2. The highest BCUT2D eigenvalue weighted by molar-refractivity contribution is 6.31. The van der Waals surface area contributed by atoms with Crippen LogP contribution in [0.1, 0.15) is 12.8 Å². The molecule has 0 saturated heterocycles. The minimum atomic E-state index is -0.503. The number of rotatable bonds is 10. The minimum absolute atomic E-state index is 0.00243. The summed E-state index contributed by atoms with van der Waals surface area (Å²) in [6, 6.07) is 7.46. The lowest BCUT2D eigenvalue weighted by Crippen LogP contribution is -2.19. The molecule has 1 heterocycles. The van der Waals surface area contributed by atoms with Crippen LogP contribution in [0.4, 0.5) is 15.9 Å². The van der Waals surface area contributed by atoms with Gasteiger partial charge < -0.3 is 25.6 Å². The summed E-state index contributed by atoms with van der Waals surface area (Å²) in [5.74, 6) is 0.285. The van der Waals surface area contributed by atoms with Crippen LogP contribution >= 0.6 is 11.6 Å². The number of hydrogen-bond acceptors (Lipinski definition) is 7. The number of hydrogen-bond donors (Lipinski definition) is 4. The largest absolute Gasteiger partial charge is 0.504 e. The van der Waals surface area contributed by atoms with Crippen LogP contribution in [0.5, 0.6) is 11.5 Å². The maximum atomic E-state index is 13.4. The first kappa shape index (κ1) is 21.0. The number of ether oxygens (including phenoxy) is 1. The summed E-state index contributed by atoms with van der Waals surface area (Å²) in [6.07, 6.45) is 2.82. The van der Waals surface area contributed by atoms with Gasteiger partial charge in [0.05, 0.1) is 17.1 Å². The number of aliphatic hydroxyl groups is 1. The summed E-state index contributed by atoms with van der Waals surface area (Å²) in [7, 11) is 0. The van der Waals surface area contributed by atoms with Gasteiger partial charge >= 0.3 is 0 Å². The molecule has 3 aromatic rings. The maximum absolute atomic E-state index is 13.4. The second-order valence-corrected chi connectivity index (χ2v) is 6.75. The second-order valence-electron chi connectivity index (χ2n) is 6.34. The summed E-state index contributed by atoms with van der Waals surface area (Å²) in [5, 5.41) is 25.9.